The maximum Gasteiger partial charge on any atom is 0.128 e. The van der Waals surface area contributed by atoms with Gasteiger partial charge in [0.15, 0.2) is 0 Å². The second-order valence-corrected chi connectivity index (χ2v) is 5.38. The Morgan fingerprint density at radius 2 is 1.90 bits per heavy atom. The summed E-state index contributed by atoms with van der Waals surface area (Å²) in [5, 5.41) is 0.527. The molecule has 2 nitrogen and oxygen atoms in total. The number of hydrogen-bond acceptors (Lipinski definition) is 2. The smallest absolute Gasteiger partial charge is 0.128 e. The van der Waals surface area contributed by atoms with E-state index in [4.69, 9.17) is 29.6 Å². The van der Waals surface area contributed by atoms with Gasteiger partial charge in [0.05, 0.1) is 0 Å². The molecule has 5 heteroatoms. The summed E-state index contributed by atoms with van der Waals surface area (Å²) in [6, 6.07) is 12.1. The fraction of sp³-hybridized carbons (Fsp3) is 0.133. The van der Waals surface area contributed by atoms with Crippen LogP contribution in [0.15, 0.2) is 42.5 Å². The number of nitrogens with zero attached hydrogens (tertiary/aromatic N) is 1. The minimum atomic E-state index is -0.263. The van der Waals surface area contributed by atoms with Gasteiger partial charge in [0.1, 0.15) is 10.8 Å². The summed E-state index contributed by atoms with van der Waals surface area (Å²) in [5.41, 5.74) is 7.87. The van der Waals surface area contributed by atoms with Crippen LogP contribution in [0.1, 0.15) is 11.1 Å². The molecule has 0 unspecified atom stereocenters. The van der Waals surface area contributed by atoms with Crippen LogP contribution in [0.2, 0.25) is 5.02 Å². The molecule has 0 fully saturated rings. The lowest BCUT2D eigenvalue weighted by Gasteiger charge is -2.20. The molecule has 0 spiro atoms. The molecule has 2 N–H and O–H groups in total. The summed E-state index contributed by atoms with van der Waals surface area (Å²) in [4.78, 5) is 2.29. The Hall–Kier alpha value is -1.65. The van der Waals surface area contributed by atoms with Gasteiger partial charge in [-0.2, -0.15) is 0 Å². The highest BCUT2D eigenvalue weighted by molar-refractivity contribution is 7.80. The largest absolute Gasteiger partial charge is 0.389 e. The van der Waals surface area contributed by atoms with Crippen LogP contribution in [0.5, 0.6) is 0 Å². The molecule has 0 aromatic heterocycles. The van der Waals surface area contributed by atoms with Gasteiger partial charge in [0.25, 0.3) is 0 Å². The van der Waals surface area contributed by atoms with Crippen molar-refractivity contribution >= 4 is 34.5 Å². The Morgan fingerprint density at radius 3 is 2.50 bits per heavy atom. The van der Waals surface area contributed by atoms with E-state index in [-0.39, 0.29) is 5.82 Å². The highest BCUT2D eigenvalue weighted by atomic mass is 35.5. The zero-order valence-electron chi connectivity index (χ0n) is 10.9. The summed E-state index contributed by atoms with van der Waals surface area (Å²) < 4.78 is 13.7. The van der Waals surface area contributed by atoms with Crippen LogP contribution in [0.25, 0.3) is 0 Å². The number of thiocarbonyl (C=S) groups is 1. The average molecular weight is 309 g/mol. The van der Waals surface area contributed by atoms with Crippen molar-refractivity contribution in [1.29, 1.82) is 0 Å². The van der Waals surface area contributed by atoms with E-state index in [9.17, 15) is 4.39 Å². The summed E-state index contributed by atoms with van der Waals surface area (Å²) in [7, 11) is 1.89. The van der Waals surface area contributed by atoms with E-state index in [1.165, 1.54) is 12.1 Å². The summed E-state index contributed by atoms with van der Waals surface area (Å²) in [5.74, 6) is -0.263. The first-order valence-corrected chi connectivity index (χ1v) is 6.81. The molecule has 0 heterocycles. The summed E-state index contributed by atoms with van der Waals surface area (Å²) >= 11 is 10.8. The molecule has 0 atom stereocenters. The van der Waals surface area contributed by atoms with Crippen molar-refractivity contribution in [2.45, 2.75) is 6.54 Å². The van der Waals surface area contributed by atoms with E-state index in [0.717, 1.165) is 11.3 Å². The lowest BCUT2D eigenvalue weighted by atomic mass is 10.1. The molecule has 2 aromatic rings. The molecule has 0 radical (unpaired) electrons. The monoisotopic (exact) mass is 308 g/mol. The van der Waals surface area contributed by atoms with Crippen molar-refractivity contribution in [3.63, 3.8) is 0 Å². The average Bonchev–Trinajstić information content (AvgIpc) is 2.43. The molecule has 0 amide bonds. The molecule has 0 aliphatic carbocycles. The number of nitrogens with two attached hydrogens (primary N) is 1. The molecule has 20 heavy (non-hydrogen) atoms. The molecule has 104 valence electrons. The van der Waals surface area contributed by atoms with Crippen LogP contribution in [0, 0.1) is 5.82 Å². The fourth-order valence-corrected chi connectivity index (χ4v) is 2.22. The molecular formula is C15H14ClFN2S. The molecule has 0 saturated carbocycles. The third kappa shape index (κ3) is 3.46. The quantitative estimate of drug-likeness (QED) is 0.872. The Labute approximate surface area is 128 Å². The van der Waals surface area contributed by atoms with Gasteiger partial charge in [-0.3, -0.25) is 0 Å². The van der Waals surface area contributed by atoms with Gasteiger partial charge >= 0.3 is 0 Å². The van der Waals surface area contributed by atoms with Gasteiger partial charge in [0.2, 0.25) is 0 Å². The highest BCUT2D eigenvalue weighted by Crippen LogP contribution is 2.20. The number of anilines is 1. The number of benzene rings is 2. The van der Waals surface area contributed by atoms with Crippen molar-refractivity contribution < 1.29 is 4.39 Å². The lowest BCUT2D eigenvalue weighted by molar-refractivity contribution is 0.608. The van der Waals surface area contributed by atoms with Crippen molar-refractivity contribution in [1.82, 2.24) is 0 Å². The van der Waals surface area contributed by atoms with Crippen LogP contribution in [-0.4, -0.2) is 12.0 Å². The molecule has 2 rings (SSSR count). The predicted molar refractivity (Wildman–Crippen MR) is 85.8 cm³/mol. The molecule has 0 bridgehead atoms. The normalized spacial score (nSPS) is 10.3. The fourth-order valence-electron chi connectivity index (χ4n) is 1.89. The molecule has 0 saturated heterocycles. The number of hydrogen-bond donors (Lipinski definition) is 1. The third-order valence-corrected chi connectivity index (χ3v) is 3.48. The van der Waals surface area contributed by atoms with E-state index in [1.54, 1.807) is 6.07 Å². The van der Waals surface area contributed by atoms with Crippen LogP contribution in [0.4, 0.5) is 10.1 Å². The van der Waals surface area contributed by atoms with Gasteiger partial charge in [0, 0.05) is 35.4 Å². The molecule has 0 aliphatic rings. The SMILES string of the molecule is CN(Cc1cc(Cl)ccc1F)c1ccc(C(N)=S)cc1. The van der Waals surface area contributed by atoms with Gasteiger partial charge in [-0.05, 0) is 42.5 Å². The maximum atomic E-state index is 13.7. The summed E-state index contributed by atoms with van der Waals surface area (Å²) in [6.45, 7) is 0.429. The first-order valence-electron chi connectivity index (χ1n) is 6.02. The summed E-state index contributed by atoms with van der Waals surface area (Å²) in [6.07, 6.45) is 0. The predicted octanol–water partition coefficient (Wildman–Crippen LogP) is 3.75. The maximum absolute atomic E-state index is 13.7. The number of rotatable bonds is 4. The highest BCUT2D eigenvalue weighted by Gasteiger charge is 2.08. The lowest BCUT2D eigenvalue weighted by Crippen LogP contribution is -2.17. The van der Waals surface area contributed by atoms with Gasteiger partial charge in [-0.1, -0.05) is 23.8 Å². The molecule has 0 aliphatic heterocycles. The third-order valence-electron chi connectivity index (χ3n) is 3.01. The Bertz CT molecular complexity index is 628. The zero-order valence-corrected chi connectivity index (χ0v) is 12.5. The Balaban J connectivity index is 2.17. The van der Waals surface area contributed by atoms with Crippen molar-refractivity contribution in [3.8, 4) is 0 Å². The van der Waals surface area contributed by atoms with E-state index in [2.05, 4.69) is 0 Å². The van der Waals surface area contributed by atoms with E-state index >= 15 is 0 Å². The Morgan fingerprint density at radius 1 is 1.25 bits per heavy atom. The van der Waals surface area contributed by atoms with E-state index in [0.29, 0.717) is 22.1 Å². The molecule has 2 aromatic carbocycles. The minimum absolute atomic E-state index is 0.263. The van der Waals surface area contributed by atoms with Gasteiger partial charge < -0.3 is 10.6 Å². The first kappa shape index (κ1) is 14.8. The van der Waals surface area contributed by atoms with Crippen molar-refractivity contribution in [2.24, 2.45) is 5.73 Å². The second kappa shape index (κ2) is 6.20. The Kier molecular flexibility index (Phi) is 4.57. The molecular weight excluding hydrogens is 295 g/mol. The van der Waals surface area contributed by atoms with Gasteiger partial charge in [-0.15, -0.1) is 0 Å². The zero-order chi connectivity index (χ0) is 14.7. The van der Waals surface area contributed by atoms with Gasteiger partial charge in [-0.25, -0.2) is 4.39 Å². The van der Waals surface area contributed by atoms with E-state index < -0.39 is 0 Å². The van der Waals surface area contributed by atoms with Crippen molar-refractivity contribution in [2.75, 3.05) is 11.9 Å². The van der Waals surface area contributed by atoms with Crippen LogP contribution in [-0.2, 0) is 6.54 Å². The standard InChI is InChI=1S/C15H14ClFN2S/c1-19(9-11-8-12(16)4-7-14(11)17)13-5-2-10(3-6-13)15(18)20/h2-8H,9H2,1H3,(H2,18,20). The van der Waals surface area contributed by atoms with E-state index in [1.807, 2.05) is 36.2 Å². The topological polar surface area (TPSA) is 29.3 Å². The number of halogens is 2. The van der Waals surface area contributed by atoms with Crippen LogP contribution < -0.4 is 10.6 Å². The first-order chi connectivity index (χ1) is 9.47. The van der Waals surface area contributed by atoms with Crippen molar-refractivity contribution in [3.05, 3.63) is 64.4 Å². The van der Waals surface area contributed by atoms with Crippen LogP contribution >= 0.6 is 23.8 Å². The second-order valence-electron chi connectivity index (χ2n) is 4.50. The van der Waals surface area contributed by atoms with Crippen LogP contribution in [0.3, 0.4) is 0 Å². The minimum Gasteiger partial charge on any atom is -0.389 e.